The highest BCUT2D eigenvalue weighted by molar-refractivity contribution is 5.67. The molecule has 14 heavy (non-hydrogen) atoms. The number of nitrogens with zero attached hydrogens (tertiary/aromatic N) is 1. The Bertz CT molecular complexity index is 324. The predicted octanol–water partition coefficient (Wildman–Crippen LogP) is 2.54. The number of carbonyl (C=O) groups is 1. The fourth-order valence-electron chi connectivity index (χ4n) is 0.839. The van der Waals surface area contributed by atoms with Crippen molar-refractivity contribution in [2.24, 2.45) is 0 Å². The van der Waals surface area contributed by atoms with Gasteiger partial charge in [-0.1, -0.05) is 6.07 Å². The van der Waals surface area contributed by atoms with Crippen molar-refractivity contribution in [3.63, 3.8) is 0 Å². The van der Waals surface area contributed by atoms with Crippen LogP contribution in [0.5, 0.6) is 0 Å². The van der Waals surface area contributed by atoms with Crippen LogP contribution in [0.3, 0.4) is 0 Å². The quantitative estimate of drug-likeness (QED) is 0.656. The van der Waals surface area contributed by atoms with E-state index in [0.29, 0.717) is 0 Å². The fraction of sp³-hybridized carbons (Fsp3) is 0.400. The van der Waals surface area contributed by atoms with Crippen LogP contribution in [-0.4, -0.2) is 21.8 Å². The van der Waals surface area contributed by atoms with Gasteiger partial charge in [-0.2, -0.15) is 0 Å². The van der Waals surface area contributed by atoms with Crippen molar-refractivity contribution < 1.29 is 14.6 Å². The average Bonchev–Trinajstić information content (AvgIpc) is 2.55. The molecule has 2 rings (SSSR count). The Hall–Kier alpha value is -1.58. The molecule has 0 spiro atoms. The molecule has 2 aliphatic rings. The van der Waals surface area contributed by atoms with Gasteiger partial charge in [0.25, 0.3) is 0 Å². The second kappa shape index (κ2) is 3.65. The lowest BCUT2D eigenvalue weighted by molar-refractivity contribution is 0.0150. The van der Waals surface area contributed by atoms with Gasteiger partial charge in [0, 0.05) is 0 Å². The molecule has 4 nitrogen and oxygen atoms in total. The molecule has 1 aliphatic carbocycles. The molecule has 0 aromatic rings. The molecule has 0 amide bonds. The molecular weight excluding hydrogens is 182 g/mol. The minimum Gasteiger partial charge on any atom is -0.450 e. The number of hydrogen-bond acceptors (Lipinski definition) is 3. The molecule has 4 heteroatoms. The molecule has 0 aromatic heterocycles. The molecule has 0 unspecified atom stereocenters. The Kier molecular flexibility index (Phi) is 2.74. The monoisotopic (exact) mass is 195 g/mol. The lowest BCUT2D eigenvalue weighted by atomic mass is 10.2. The van der Waals surface area contributed by atoms with E-state index in [4.69, 9.17) is 5.11 Å². The third kappa shape index (κ3) is 3.89. The summed E-state index contributed by atoms with van der Waals surface area (Å²) >= 11 is 0. The minimum absolute atomic E-state index is 0.578. The van der Waals surface area contributed by atoms with Crippen LogP contribution in [0.1, 0.15) is 20.8 Å². The van der Waals surface area contributed by atoms with E-state index in [1.165, 1.54) is 11.4 Å². The normalized spacial score (nSPS) is 11.1. The first-order valence-electron chi connectivity index (χ1n) is 4.28. The highest BCUT2D eigenvalue weighted by Gasteiger charge is 2.14. The number of hydrogen-bond donors (Lipinski definition) is 1. The molecule has 0 aromatic carbocycles. The Labute approximate surface area is 82.5 Å². The van der Waals surface area contributed by atoms with Crippen molar-refractivity contribution in [1.29, 1.82) is 0 Å². The summed E-state index contributed by atoms with van der Waals surface area (Å²) in [5, 5.41) is 8.03. The van der Waals surface area contributed by atoms with Crippen molar-refractivity contribution in [3.05, 3.63) is 18.2 Å². The second-order valence-electron chi connectivity index (χ2n) is 3.89. The lowest BCUT2D eigenvalue weighted by Gasteiger charge is -2.15. The summed E-state index contributed by atoms with van der Waals surface area (Å²) < 4.78 is 4.35. The van der Waals surface area contributed by atoms with Crippen molar-refractivity contribution in [2.75, 3.05) is 0 Å². The molecular formula is C10H13NO3. The zero-order valence-electron chi connectivity index (χ0n) is 8.44. The van der Waals surface area contributed by atoms with Gasteiger partial charge in [-0.3, -0.25) is 0 Å². The van der Waals surface area contributed by atoms with Crippen molar-refractivity contribution in [3.8, 4) is 11.4 Å². The standard InChI is InChI=1S/C5H3N.C5H10O3/c1-2-4-5(3-1)6-4;1-5(2,3)8-4(6)7/h1-3H;1-3H3,(H,6,7). The lowest BCUT2D eigenvalue weighted by Crippen LogP contribution is -2.22. The Morgan fingerprint density at radius 2 is 1.86 bits per heavy atom. The summed E-state index contributed by atoms with van der Waals surface area (Å²) in [4.78, 5) is 13.7. The van der Waals surface area contributed by atoms with Gasteiger partial charge in [-0.05, 0) is 32.9 Å². The van der Waals surface area contributed by atoms with E-state index in [0.717, 1.165) is 0 Å². The van der Waals surface area contributed by atoms with Gasteiger partial charge < -0.3 is 9.84 Å². The van der Waals surface area contributed by atoms with E-state index in [1.54, 1.807) is 20.8 Å². The first-order chi connectivity index (χ1) is 6.38. The molecule has 0 bridgehead atoms. The molecule has 1 aliphatic heterocycles. The molecule has 0 saturated carbocycles. The van der Waals surface area contributed by atoms with Gasteiger partial charge >= 0.3 is 6.16 Å². The van der Waals surface area contributed by atoms with Crippen LogP contribution < -0.4 is 0 Å². The van der Waals surface area contributed by atoms with Crippen LogP contribution in [0.2, 0.25) is 0 Å². The van der Waals surface area contributed by atoms with Gasteiger partial charge in [0.05, 0.1) is 11.4 Å². The number of fused-ring (bicyclic) bond motifs is 1. The first-order valence-corrected chi connectivity index (χ1v) is 4.28. The molecule has 76 valence electrons. The molecule has 1 heterocycles. The first kappa shape index (κ1) is 10.5. The summed E-state index contributed by atoms with van der Waals surface area (Å²) in [6, 6.07) is 6.03. The second-order valence-corrected chi connectivity index (χ2v) is 3.89. The zero-order chi connectivity index (χ0) is 10.8. The van der Waals surface area contributed by atoms with Crippen LogP contribution in [0.25, 0.3) is 11.4 Å². The van der Waals surface area contributed by atoms with Gasteiger partial charge in [0.2, 0.25) is 0 Å². The topological polar surface area (TPSA) is 59.4 Å². The number of rotatable bonds is 0. The van der Waals surface area contributed by atoms with E-state index in [9.17, 15) is 4.79 Å². The Morgan fingerprint density at radius 1 is 1.36 bits per heavy atom. The maximum atomic E-state index is 9.79. The number of carboxylic acid groups (broad SMARTS) is 1. The highest BCUT2D eigenvalue weighted by atomic mass is 16.7. The molecule has 0 fully saturated rings. The van der Waals surface area contributed by atoms with Crippen LogP contribution in [0.4, 0.5) is 4.79 Å². The van der Waals surface area contributed by atoms with Gasteiger partial charge in [-0.15, -0.1) is 0 Å². The number of pyridine rings is 1. The van der Waals surface area contributed by atoms with E-state index in [-0.39, 0.29) is 0 Å². The van der Waals surface area contributed by atoms with E-state index >= 15 is 0 Å². The highest BCUT2D eigenvalue weighted by Crippen LogP contribution is 2.25. The minimum atomic E-state index is -1.22. The van der Waals surface area contributed by atoms with Crippen molar-refractivity contribution >= 4 is 6.16 Å². The van der Waals surface area contributed by atoms with Crippen LogP contribution in [-0.2, 0) is 4.74 Å². The largest absolute Gasteiger partial charge is 0.506 e. The summed E-state index contributed by atoms with van der Waals surface area (Å²) in [6.07, 6.45) is -1.22. The maximum Gasteiger partial charge on any atom is 0.506 e. The SMILES string of the molecule is CC(C)(C)OC(=O)O.c1cc2nc-2c1. The molecule has 0 saturated heterocycles. The van der Waals surface area contributed by atoms with E-state index in [1.807, 2.05) is 18.2 Å². The summed E-state index contributed by atoms with van der Waals surface area (Å²) in [5.74, 6) is 0. The number of aromatic nitrogens is 1. The molecule has 1 N–H and O–H groups in total. The smallest absolute Gasteiger partial charge is 0.450 e. The third-order valence-electron chi connectivity index (χ3n) is 1.36. The average molecular weight is 195 g/mol. The van der Waals surface area contributed by atoms with Crippen LogP contribution in [0.15, 0.2) is 18.2 Å². The van der Waals surface area contributed by atoms with Crippen molar-refractivity contribution in [2.45, 2.75) is 26.4 Å². The van der Waals surface area contributed by atoms with Gasteiger partial charge in [-0.25, -0.2) is 9.78 Å². The van der Waals surface area contributed by atoms with E-state index in [2.05, 4.69) is 9.72 Å². The van der Waals surface area contributed by atoms with Crippen LogP contribution in [0, 0.1) is 0 Å². The predicted molar refractivity (Wildman–Crippen MR) is 52.1 cm³/mol. The van der Waals surface area contributed by atoms with Crippen LogP contribution >= 0.6 is 0 Å². The fourth-order valence-corrected chi connectivity index (χ4v) is 0.839. The third-order valence-corrected chi connectivity index (χ3v) is 1.36. The molecule has 0 atom stereocenters. The summed E-state index contributed by atoms with van der Waals surface area (Å²) in [5.41, 5.74) is 1.77. The maximum absolute atomic E-state index is 9.79. The van der Waals surface area contributed by atoms with E-state index < -0.39 is 11.8 Å². The Balaban J connectivity index is 0.000000143. The summed E-state index contributed by atoms with van der Waals surface area (Å²) in [7, 11) is 0. The zero-order valence-corrected chi connectivity index (χ0v) is 8.44. The van der Waals surface area contributed by atoms with Gasteiger partial charge in [0.1, 0.15) is 5.60 Å². The van der Waals surface area contributed by atoms with Gasteiger partial charge in [0.15, 0.2) is 0 Å². The number of ether oxygens (including phenoxy) is 1. The molecule has 0 radical (unpaired) electrons. The Morgan fingerprint density at radius 3 is 1.93 bits per heavy atom. The van der Waals surface area contributed by atoms with Crippen molar-refractivity contribution in [1.82, 2.24) is 4.98 Å². The summed E-state index contributed by atoms with van der Waals surface area (Å²) in [6.45, 7) is 5.04.